The number of benzene rings is 1. The molecule has 0 aliphatic carbocycles. The molecule has 10 heteroatoms. The van der Waals surface area contributed by atoms with Crippen LogP contribution in [0.3, 0.4) is 0 Å². The molecule has 0 aromatic heterocycles. The number of hydrogen-bond acceptors (Lipinski definition) is 7. The zero-order valence-corrected chi connectivity index (χ0v) is 18.5. The van der Waals surface area contributed by atoms with Gasteiger partial charge in [0.05, 0.1) is 12.0 Å². The Morgan fingerprint density at radius 3 is 2.66 bits per heavy atom. The van der Waals surface area contributed by atoms with E-state index in [0.29, 0.717) is 21.4 Å². The maximum atomic E-state index is 12.6. The molecule has 0 radical (unpaired) electrons. The van der Waals surface area contributed by atoms with E-state index in [-0.39, 0.29) is 18.9 Å². The van der Waals surface area contributed by atoms with E-state index in [1.807, 2.05) is 18.4 Å². The number of nitrogens with zero attached hydrogens (tertiary/aromatic N) is 1. The van der Waals surface area contributed by atoms with Crippen molar-refractivity contribution in [3.63, 3.8) is 0 Å². The van der Waals surface area contributed by atoms with Gasteiger partial charge in [0, 0.05) is 13.0 Å². The Hall–Kier alpha value is -2.04. The number of methoxy groups -OCH3 is 1. The largest absolute Gasteiger partial charge is 0.497 e. The summed E-state index contributed by atoms with van der Waals surface area (Å²) in [6.07, 6.45) is 3.93. The highest BCUT2D eigenvalue weighted by Gasteiger charge is 2.32. The standard InChI is InChI=1S/C19H22N2O5S3/c1-26-13-5-3-12(4-6-13)11-15-17(23)21(19(27)29-15)9-7-16(22)20-14(18(24)25)8-10-28-2/h3-6,11,14H,7-10H2,1-2H3,(H,20,22)(H,24,25). The molecule has 7 nitrogen and oxygen atoms in total. The number of carboxylic acid groups (broad SMARTS) is 1. The van der Waals surface area contributed by atoms with Crippen molar-refractivity contribution in [3.8, 4) is 5.75 Å². The van der Waals surface area contributed by atoms with Crippen LogP contribution in [0.5, 0.6) is 5.75 Å². The zero-order chi connectivity index (χ0) is 21.4. The minimum Gasteiger partial charge on any atom is -0.497 e. The normalized spacial score (nSPS) is 16.2. The Morgan fingerprint density at radius 1 is 1.38 bits per heavy atom. The highest BCUT2D eigenvalue weighted by atomic mass is 32.2. The van der Waals surface area contributed by atoms with Crippen LogP contribution in [0.2, 0.25) is 0 Å². The fraction of sp³-hybridized carbons (Fsp3) is 0.368. The summed E-state index contributed by atoms with van der Waals surface area (Å²) in [5, 5.41) is 11.7. The molecular formula is C19H22N2O5S3. The first kappa shape index (κ1) is 23.2. The predicted molar refractivity (Wildman–Crippen MR) is 120 cm³/mol. The molecule has 1 fully saturated rings. The molecule has 1 heterocycles. The SMILES string of the molecule is COc1ccc(C=C2SC(=S)N(CCC(=O)NC(CCSC)C(=O)O)C2=O)cc1. The summed E-state index contributed by atoms with van der Waals surface area (Å²) in [7, 11) is 1.58. The number of aliphatic carboxylic acids is 1. The fourth-order valence-corrected chi connectivity index (χ4v) is 4.30. The Labute approximate surface area is 183 Å². The van der Waals surface area contributed by atoms with Crippen molar-refractivity contribution < 1.29 is 24.2 Å². The summed E-state index contributed by atoms with van der Waals surface area (Å²) in [5.41, 5.74) is 0.835. The number of carboxylic acids is 1. The van der Waals surface area contributed by atoms with Gasteiger partial charge in [0.2, 0.25) is 5.91 Å². The van der Waals surface area contributed by atoms with Gasteiger partial charge in [-0.25, -0.2) is 4.79 Å². The first-order valence-corrected chi connectivity index (χ1v) is 11.4. The molecule has 2 amide bonds. The third-order valence-corrected chi connectivity index (χ3v) is 6.12. The van der Waals surface area contributed by atoms with Crippen LogP contribution in [0.15, 0.2) is 29.2 Å². The van der Waals surface area contributed by atoms with Crippen molar-refractivity contribution in [2.24, 2.45) is 0 Å². The molecule has 156 valence electrons. The Kier molecular flexibility index (Phi) is 8.99. The van der Waals surface area contributed by atoms with Gasteiger partial charge in [-0.2, -0.15) is 11.8 Å². The summed E-state index contributed by atoms with van der Waals surface area (Å²) in [5.74, 6) is -0.409. The van der Waals surface area contributed by atoms with Gasteiger partial charge < -0.3 is 15.2 Å². The molecule has 0 saturated carbocycles. The van der Waals surface area contributed by atoms with Crippen molar-refractivity contribution in [3.05, 3.63) is 34.7 Å². The van der Waals surface area contributed by atoms with Crippen LogP contribution in [0.25, 0.3) is 6.08 Å². The van der Waals surface area contributed by atoms with Crippen LogP contribution < -0.4 is 10.1 Å². The number of hydrogen-bond donors (Lipinski definition) is 2. The number of rotatable bonds is 10. The van der Waals surface area contributed by atoms with Gasteiger partial charge in [0.25, 0.3) is 5.91 Å². The molecule has 2 rings (SSSR count). The van der Waals surface area contributed by atoms with Gasteiger partial charge >= 0.3 is 5.97 Å². The van der Waals surface area contributed by atoms with Crippen molar-refractivity contribution in [1.82, 2.24) is 10.2 Å². The van der Waals surface area contributed by atoms with Crippen LogP contribution >= 0.6 is 35.7 Å². The summed E-state index contributed by atoms with van der Waals surface area (Å²) >= 11 is 7.96. The Bertz CT molecular complexity index is 811. The minimum absolute atomic E-state index is 0.0225. The number of thioether (sulfide) groups is 2. The number of ether oxygens (including phenoxy) is 1. The number of carbonyl (C=O) groups is 3. The van der Waals surface area contributed by atoms with E-state index in [4.69, 9.17) is 17.0 Å². The molecule has 1 saturated heterocycles. The topological polar surface area (TPSA) is 95.9 Å². The van der Waals surface area contributed by atoms with Crippen LogP contribution in [0, 0.1) is 0 Å². The Balaban J connectivity index is 1.94. The maximum absolute atomic E-state index is 12.6. The van der Waals surface area contributed by atoms with E-state index in [9.17, 15) is 19.5 Å². The monoisotopic (exact) mass is 454 g/mol. The molecule has 1 aliphatic rings. The Morgan fingerprint density at radius 2 is 2.07 bits per heavy atom. The molecule has 1 aromatic carbocycles. The van der Waals surface area contributed by atoms with Gasteiger partial charge in [0.15, 0.2) is 0 Å². The highest BCUT2D eigenvalue weighted by Crippen LogP contribution is 2.32. The second-order valence-corrected chi connectivity index (χ2v) is 8.76. The summed E-state index contributed by atoms with van der Waals surface area (Å²) < 4.78 is 5.49. The average molecular weight is 455 g/mol. The zero-order valence-electron chi connectivity index (χ0n) is 16.0. The molecule has 1 unspecified atom stereocenters. The average Bonchev–Trinajstić information content (AvgIpc) is 2.96. The van der Waals surface area contributed by atoms with E-state index in [0.717, 1.165) is 11.3 Å². The van der Waals surface area contributed by atoms with Gasteiger partial charge in [-0.1, -0.05) is 36.1 Å². The minimum atomic E-state index is -1.07. The molecule has 29 heavy (non-hydrogen) atoms. The first-order valence-electron chi connectivity index (χ1n) is 8.76. The smallest absolute Gasteiger partial charge is 0.326 e. The lowest BCUT2D eigenvalue weighted by atomic mass is 10.2. The lowest BCUT2D eigenvalue weighted by Gasteiger charge is -2.17. The quantitative estimate of drug-likeness (QED) is 0.411. The van der Waals surface area contributed by atoms with E-state index in [1.54, 1.807) is 25.3 Å². The number of nitrogens with one attached hydrogen (secondary N) is 1. The molecule has 1 atom stereocenters. The number of thiocarbonyl (C=S) groups is 1. The fourth-order valence-electron chi connectivity index (χ4n) is 2.52. The molecule has 1 aromatic rings. The van der Waals surface area contributed by atoms with Crippen molar-refractivity contribution in [2.45, 2.75) is 18.9 Å². The lowest BCUT2D eigenvalue weighted by molar-refractivity contribution is -0.142. The van der Waals surface area contributed by atoms with Crippen LogP contribution in [0.1, 0.15) is 18.4 Å². The van der Waals surface area contributed by atoms with Gasteiger partial charge in [-0.05, 0) is 42.2 Å². The van der Waals surface area contributed by atoms with Crippen LogP contribution in [-0.2, 0) is 14.4 Å². The van der Waals surface area contributed by atoms with Crippen molar-refractivity contribution >= 4 is 63.9 Å². The van der Waals surface area contributed by atoms with E-state index < -0.39 is 17.9 Å². The van der Waals surface area contributed by atoms with E-state index >= 15 is 0 Å². The first-order chi connectivity index (χ1) is 13.8. The number of carbonyl (C=O) groups excluding carboxylic acids is 2. The maximum Gasteiger partial charge on any atom is 0.326 e. The van der Waals surface area contributed by atoms with Crippen LogP contribution in [-0.4, -0.2) is 63.8 Å². The van der Waals surface area contributed by atoms with Crippen molar-refractivity contribution in [2.75, 3.05) is 25.7 Å². The molecular weight excluding hydrogens is 432 g/mol. The summed E-state index contributed by atoms with van der Waals surface area (Å²) in [4.78, 5) is 37.8. The van der Waals surface area contributed by atoms with Gasteiger partial charge in [-0.3, -0.25) is 14.5 Å². The number of amides is 2. The van der Waals surface area contributed by atoms with E-state index in [1.165, 1.54) is 28.4 Å². The van der Waals surface area contributed by atoms with E-state index in [2.05, 4.69) is 5.32 Å². The summed E-state index contributed by atoms with van der Waals surface area (Å²) in [6.45, 7) is 0.102. The molecule has 1 aliphatic heterocycles. The van der Waals surface area contributed by atoms with Crippen LogP contribution in [0.4, 0.5) is 0 Å². The third kappa shape index (κ3) is 6.76. The predicted octanol–water partition coefficient (Wildman–Crippen LogP) is 2.61. The van der Waals surface area contributed by atoms with Gasteiger partial charge in [-0.15, -0.1) is 0 Å². The second kappa shape index (κ2) is 11.2. The molecule has 2 N–H and O–H groups in total. The lowest BCUT2D eigenvalue weighted by Crippen LogP contribution is -2.42. The molecule has 0 spiro atoms. The third-order valence-electron chi connectivity index (χ3n) is 4.09. The highest BCUT2D eigenvalue weighted by molar-refractivity contribution is 8.26. The van der Waals surface area contributed by atoms with Gasteiger partial charge in [0.1, 0.15) is 16.1 Å². The second-order valence-electron chi connectivity index (χ2n) is 6.10. The molecule has 0 bridgehead atoms. The van der Waals surface area contributed by atoms with Crippen molar-refractivity contribution in [1.29, 1.82) is 0 Å². The summed E-state index contributed by atoms with van der Waals surface area (Å²) in [6, 6.07) is 6.33.